The molecule has 2 N–H and O–H groups in total. The maximum atomic E-state index is 14.1. The summed E-state index contributed by atoms with van der Waals surface area (Å²) in [5.74, 6) is -2.52. The maximum Gasteiger partial charge on any atom is 0.171 e. The zero-order valence-electron chi connectivity index (χ0n) is 12.7. The number of methoxy groups -OCH3 is 1. The lowest BCUT2D eigenvalue weighted by Gasteiger charge is -2.22. The molecule has 2 aromatic rings. The third-order valence-electron chi connectivity index (χ3n) is 3.47. The molecular weight excluding hydrogens is 327 g/mol. The highest BCUT2D eigenvalue weighted by atomic mass is 19.2. The Morgan fingerprint density at radius 1 is 1.04 bits per heavy atom. The van der Waals surface area contributed by atoms with E-state index in [1.807, 2.05) is 0 Å². The van der Waals surface area contributed by atoms with Crippen LogP contribution in [-0.2, 0) is 6.61 Å². The van der Waals surface area contributed by atoms with E-state index in [0.29, 0.717) is 0 Å². The molecule has 1 aliphatic heterocycles. The zero-order valence-corrected chi connectivity index (χ0v) is 12.7. The van der Waals surface area contributed by atoms with Gasteiger partial charge >= 0.3 is 0 Å². The van der Waals surface area contributed by atoms with Gasteiger partial charge in [0.25, 0.3) is 0 Å². The molecule has 1 aliphatic rings. The Balaban J connectivity index is 1.93. The van der Waals surface area contributed by atoms with Crippen LogP contribution in [0.25, 0.3) is 0 Å². The van der Waals surface area contributed by atoms with Gasteiger partial charge in [-0.2, -0.15) is 0 Å². The second kappa shape index (κ2) is 6.38. The van der Waals surface area contributed by atoms with Crippen LogP contribution >= 0.6 is 0 Å². The number of fused-ring (bicyclic) bond motifs is 1. The van der Waals surface area contributed by atoms with Crippen molar-refractivity contribution in [3.05, 3.63) is 41.2 Å². The number of hydrogen-bond donors (Lipinski definition) is 1. The quantitative estimate of drug-likeness (QED) is 0.866. The topological polar surface area (TPSA) is 62.9 Å². The Morgan fingerprint density at radius 3 is 2.54 bits per heavy atom. The molecule has 24 heavy (non-hydrogen) atoms. The average Bonchev–Trinajstić information content (AvgIpc) is 2.58. The molecule has 2 aromatic carbocycles. The van der Waals surface area contributed by atoms with Crippen molar-refractivity contribution >= 4 is 5.69 Å². The fourth-order valence-electron chi connectivity index (χ4n) is 2.30. The van der Waals surface area contributed by atoms with Crippen molar-refractivity contribution in [1.82, 2.24) is 0 Å². The van der Waals surface area contributed by atoms with Crippen LogP contribution in [0.2, 0.25) is 0 Å². The number of nitrogen functional groups attached to an aromatic ring is 1. The highest BCUT2D eigenvalue weighted by molar-refractivity contribution is 5.54. The van der Waals surface area contributed by atoms with Crippen LogP contribution in [0.3, 0.4) is 0 Å². The van der Waals surface area contributed by atoms with Crippen LogP contribution < -0.4 is 24.7 Å². The van der Waals surface area contributed by atoms with E-state index in [0.717, 1.165) is 12.1 Å². The van der Waals surface area contributed by atoms with Gasteiger partial charge in [-0.25, -0.2) is 13.2 Å². The third-order valence-corrected chi connectivity index (χ3v) is 3.47. The Bertz CT molecular complexity index is 783. The number of rotatable bonds is 4. The summed E-state index contributed by atoms with van der Waals surface area (Å²) in [7, 11) is 1.32. The minimum atomic E-state index is -1.10. The van der Waals surface area contributed by atoms with E-state index in [-0.39, 0.29) is 54.1 Å². The van der Waals surface area contributed by atoms with Crippen molar-refractivity contribution in [1.29, 1.82) is 0 Å². The molecule has 0 fully saturated rings. The Labute approximate surface area is 135 Å². The maximum absolute atomic E-state index is 14.1. The first kappa shape index (κ1) is 16.1. The predicted octanol–water partition coefficient (Wildman–Crippen LogP) is 3.04. The standard InChI is InChI=1S/C16H14F3NO4/c1-21-12-4-9(17)11(20)6-13(12)24-7-8-15(19)10(18)5-14-16(8)23-3-2-22-14/h4-6H,2-3,7,20H2,1H3. The van der Waals surface area contributed by atoms with Gasteiger partial charge in [-0.15, -0.1) is 0 Å². The summed E-state index contributed by atoms with van der Waals surface area (Å²) in [6, 6.07) is 3.17. The van der Waals surface area contributed by atoms with Gasteiger partial charge in [0.15, 0.2) is 34.6 Å². The summed E-state index contributed by atoms with van der Waals surface area (Å²) < 4.78 is 62.3. The predicted molar refractivity (Wildman–Crippen MR) is 79.0 cm³/mol. The molecule has 1 heterocycles. The van der Waals surface area contributed by atoms with E-state index >= 15 is 0 Å². The molecule has 0 saturated carbocycles. The van der Waals surface area contributed by atoms with Crippen LogP contribution in [0, 0.1) is 17.5 Å². The van der Waals surface area contributed by atoms with Crippen molar-refractivity contribution in [2.24, 2.45) is 0 Å². The monoisotopic (exact) mass is 341 g/mol. The number of nitrogens with two attached hydrogens (primary N) is 1. The lowest BCUT2D eigenvalue weighted by molar-refractivity contribution is 0.162. The second-order valence-corrected chi connectivity index (χ2v) is 4.99. The summed E-state index contributed by atoms with van der Waals surface area (Å²) >= 11 is 0. The normalized spacial score (nSPS) is 12.8. The molecule has 0 aliphatic carbocycles. The van der Waals surface area contributed by atoms with Gasteiger partial charge in [-0.05, 0) is 0 Å². The van der Waals surface area contributed by atoms with Gasteiger partial charge in [0, 0.05) is 18.2 Å². The Morgan fingerprint density at radius 2 is 1.79 bits per heavy atom. The summed E-state index contributed by atoms with van der Waals surface area (Å²) in [5, 5.41) is 0. The smallest absolute Gasteiger partial charge is 0.171 e. The summed E-state index contributed by atoms with van der Waals surface area (Å²) in [5.41, 5.74) is 5.18. The van der Waals surface area contributed by atoms with Crippen molar-refractivity contribution in [3.63, 3.8) is 0 Å². The molecular formula is C16H14F3NO4. The Hall–Kier alpha value is -2.77. The molecule has 0 spiro atoms. The Kier molecular flexibility index (Phi) is 4.28. The third kappa shape index (κ3) is 2.86. The lowest BCUT2D eigenvalue weighted by Crippen LogP contribution is -2.18. The lowest BCUT2D eigenvalue weighted by atomic mass is 10.1. The number of ether oxygens (including phenoxy) is 4. The van der Waals surface area contributed by atoms with Gasteiger partial charge in [0.2, 0.25) is 0 Å². The number of anilines is 1. The first-order valence-electron chi connectivity index (χ1n) is 7.03. The van der Waals surface area contributed by atoms with E-state index < -0.39 is 17.5 Å². The van der Waals surface area contributed by atoms with Gasteiger partial charge in [-0.3, -0.25) is 0 Å². The van der Waals surface area contributed by atoms with E-state index in [1.54, 1.807) is 0 Å². The van der Waals surface area contributed by atoms with Crippen molar-refractivity contribution in [3.8, 4) is 23.0 Å². The summed E-state index contributed by atoms with van der Waals surface area (Å²) in [6.45, 7) is 0.0648. The van der Waals surface area contributed by atoms with Crippen LogP contribution in [0.4, 0.5) is 18.9 Å². The average molecular weight is 341 g/mol. The van der Waals surface area contributed by atoms with Gasteiger partial charge in [0.05, 0.1) is 18.4 Å². The minimum Gasteiger partial charge on any atom is -0.493 e. The summed E-state index contributed by atoms with van der Waals surface area (Å²) in [6.07, 6.45) is 0. The molecule has 0 bridgehead atoms. The van der Waals surface area contributed by atoms with Crippen LogP contribution in [0.5, 0.6) is 23.0 Å². The van der Waals surface area contributed by atoms with E-state index in [1.165, 1.54) is 13.2 Å². The van der Waals surface area contributed by atoms with Gasteiger partial charge in [0.1, 0.15) is 25.6 Å². The van der Waals surface area contributed by atoms with Crippen molar-refractivity contribution in [2.75, 3.05) is 26.1 Å². The molecule has 3 rings (SSSR count). The molecule has 0 radical (unpaired) electrons. The summed E-state index contributed by atoms with van der Waals surface area (Å²) in [4.78, 5) is 0. The fraction of sp³-hybridized carbons (Fsp3) is 0.250. The van der Waals surface area contributed by atoms with E-state index in [2.05, 4.69) is 0 Å². The van der Waals surface area contributed by atoms with E-state index in [4.69, 9.17) is 24.7 Å². The molecule has 0 atom stereocenters. The molecule has 128 valence electrons. The van der Waals surface area contributed by atoms with E-state index in [9.17, 15) is 13.2 Å². The molecule has 5 nitrogen and oxygen atoms in total. The molecule has 8 heteroatoms. The SMILES string of the molecule is COc1cc(F)c(N)cc1OCc1c(F)c(F)cc2c1OCCO2. The van der Waals surface area contributed by atoms with Crippen LogP contribution in [0.1, 0.15) is 5.56 Å². The van der Waals surface area contributed by atoms with Gasteiger partial charge < -0.3 is 24.7 Å². The largest absolute Gasteiger partial charge is 0.493 e. The molecule has 0 unspecified atom stereocenters. The highest BCUT2D eigenvalue weighted by Crippen LogP contribution is 2.38. The van der Waals surface area contributed by atoms with Crippen molar-refractivity contribution < 1.29 is 32.1 Å². The van der Waals surface area contributed by atoms with Crippen molar-refractivity contribution in [2.45, 2.75) is 6.61 Å². The molecule has 0 amide bonds. The fourth-order valence-corrected chi connectivity index (χ4v) is 2.30. The number of halogens is 3. The molecule has 0 aromatic heterocycles. The van der Waals surface area contributed by atoms with Crippen LogP contribution in [0.15, 0.2) is 18.2 Å². The number of hydrogen-bond acceptors (Lipinski definition) is 5. The van der Waals surface area contributed by atoms with Crippen LogP contribution in [-0.4, -0.2) is 20.3 Å². The number of benzene rings is 2. The highest BCUT2D eigenvalue weighted by Gasteiger charge is 2.24. The first-order valence-corrected chi connectivity index (χ1v) is 7.03. The van der Waals surface area contributed by atoms with Gasteiger partial charge in [-0.1, -0.05) is 0 Å². The second-order valence-electron chi connectivity index (χ2n) is 4.99. The first-order chi connectivity index (χ1) is 11.5. The zero-order chi connectivity index (χ0) is 17.3. The minimum absolute atomic E-state index is 0.0737. The molecule has 0 saturated heterocycles.